The molecule has 0 saturated carbocycles. The lowest BCUT2D eigenvalue weighted by molar-refractivity contribution is 0.809. The minimum atomic E-state index is 0. The van der Waals surface area contributed by atoms with Crippen molar-refractivity contribution < 1.29 is 0 Å². The lowest BCUT2D eigenvalue weighted by Crippen LogP contribution is -2.38. The number of nitrogens with one attached hydrogen (secondary N) is 2. The third-order valence-electron chi connectivity index (χ3n) is 2.56. The molecule has 4 heteroatoms. The van der Waals surface area contributed by atoms with E-state index in [2.05, 4.69) is 54.6 Å². The van der Waals surface area contributed by atoms with Crippen molar-refractivity contribution in [1.82, 2.24) is 10.6 Å². The summed E-state index contributed by atoms with van der Waals surface area (Å²) in [5.41, 5.74) is 4.04. The van der Waals surface area contributed by atoms with Crippen molar-refractivity contribution in [2.75, 3.05) is 20.1 Å². The molecule has 0 aromatic heterocycles. The summed E-state index contributed by atoms with van der Waals surface area (Å²) in [4.78, 5) is 4.14. The van der Waals surface area contributed by atoms with Crippen molar-refractivity contribution in [3.05, 3.63) is 34.9 Å². The number of halogens is 1. The number of guanidine groups is 1. The molecule has 0 radical (unpaired) electrons. The second-order valence-corrected chi connectivity index (χ2v) is 4.28. The van der Waals surface area contributed by atoms with Crippen LogP contribution < -0.4 is 10.6 Å². The molecule has 0 amide bonds. The van der Waals surface area contributed by atoms with Gasteiger partial charge in [-0.05, 0) is 32.8 Å². The number of benzene rings is 1. The average Bonchev–Trinajstić information content (AvgIpc) is 2.26. The summed E-state index contributed by atoms with van der Waals surface area (Å²) < 4.78 is 0. The quantitative estimate of drug-likeness (QED) is 0.492. The molecule has 0 atom stereocenters. The van der Waals surface area contributed by atoms with Crippen LogP contribution >= 0.6 is 24.0 Å². The Labute approximate surface area is 127 Å². The van der Waals surface area contributed by atoms with E-state index in [4.69, 9.17) is 0 Å². The van der Waals surface area contributed by atoms with E-state index in [-0.39, 0.29) is 24.0 Å². The van der Waals surface area contributed by atoms with Crippen LogP contribution in [0.3, 0.4) is 0 Å². The number of hydrogen-bond acceptors (Lipinski definition) is 1. The molecule has 1 rings (SSSR count). The van der Waals surface area contributed by atoms with E-state index in [1.807, 2.05) is 0 Å². The smallest absolute Gasteiger partial charge is 0.190 e. The highest BCUT2D eigenvalue weighted by Gasteiger charge is 1.98. The van der Waals surface area contributed by atoms with Gasteiger partial charge in [-0.1, -0.05) is 29.3 Å². The second kappa shape index (κ2) is 9.19. The minimum absolute atomic E-state index is 0. The molecular formula is C14H24IN3. The van der Waals surface area contributed by atoms with Gasteiger partial charge in [-0.2, -0.15) is 0 Å². The molecular weight excluding hydrogens is 337 g/mol. The van der Waals surface area contributed by atoms with Crippen molar-refractivity contribution in [3.63, 3.8) is 0 Å². The first-order valence-corrected chi connectivity index (χ1v) is 6.17. The maximum atomic E-state index is 4.14. The van der Waals surface area contributed by atoms with Gasteiger partial charge in [-0.25, -0.2) is 0 Å². The highest BCUT2D eigenvalue weighted by atomic mass is 127. The topological polar surface area (TPSA) is 36.4 Å². The molecule has 0 heterocycles. The Balaban J connectivity index is 0.00000289. The SMILES string of the molecule is CCNC(=NC)NCCc1cc(C)cc(C)c1.I. The molecule has 18 heavy (non-hydrogen) atoms. The Bertz CT molecular complexity index is 368. The molecule has 0 saturated heterocycles. The van der Waals surface area contributed by atoms with Crippen LogP contribution in [-0.4, -0.2) is 26.1 Å². The van der Waals surface area contributed by atoms with Crippen LogP contribution in [0.4, 0.5) is 0 Å². The largest absolute Gasteiger partial charge is 0.357 e. The lowest BCUT2D eigenvalue weighted by atomic mass is 10.1. The first-order valence-electron chi connectivity index (χ1n) is 6.17. The molecule has 0 bridgehead atoms. The van der Waals surface area contributed by atoms with Crippen molar-refractivity contribution in [1.29, 1.82) is 0 Å². The zero-order valence-corrected chi connectivity index (χ0v) is 14.0. The zero-order valence-electron chi connectivity index (χ0n) is 11.7. The summed E-state index contributed by atoms with van der Waals surface area (Å²) >= 11 is 0. The van der Waals surface area contributed by atoms with E-state index in [9.17, 15) is 0 Å². The van der Waals surface area contributed by atoms with Crippen LogP contribution in [0, 0.1) is 13.8 Å². The van der Waals surface area contributed by atoms with Crippen molar-refractivity contribution >= 4 is 29.9 Å². The van der Waals surface area contributed by atoms with Crippen LogP contribution in [0.15, 0.2) is 23.2 Å². The molecule has 0 spiro atoms. The predicted molar refractivity (Wildman–Crippen MR) is 90.1 cm³/mol. The molecule has 0 aliphatic rings. The Morgan fingerprint density at radius 2 is 1.72 bits per heavy atom. The minimum Gasteiger partial charge on any atom is -0.357 e. The van der Waals surface area contributed by atoms with E-state index in [1.54, 1.807) is 7.05 Å². The van der Waals surface area contributed by atoms with Crippen molar-refractivity contribution in [2.24, 2.45) is 4.99 Å². The second-order valence-electron chi connectivity index (χ2n) is 4.28. The molecule has 1 aromatic carbocycles. The number of aliphatic imine (C=N–C) groups is 1. The molecule has 0 fully saturated rings. The van der Waals surface area contributed by atoms with Gasteiger partial charge in [0.1, 0.15) is 0 Å². The summed E-state index contributed by atoms with van der Waals surface area (Å²) in [6.45, 7) is 8.14. The number of hydrogen-bond donors (Lipinski definition) is 2. The first kappa shape index (κ1) is 17.2. The van der Waals surface area contributed by atoms with Gasteiger partial charge >= 0.3 is 0 Å². The fourth-order valence-electron chi connectivity index (χ4n) is 1.93. The maximum absolute atomic E-state index is 4.14. The van der Waals surface area contributed by atoms with Crippen LogP contribution in [-0.2, 0) is 6.42 Å². The summed E-state index contributed by atoms with van der Waals surface area (Å²) in [6, 6.07) is 6.68. The summed E-state index contributed by atoms with van der Waals surface area (Å²) in [5, 5.41) is 6.48. The Morgan fingerprint density at radius 1 is 1.11 bits per heavy atom. The molecule has 0 aliphatic carbocycles. The normalized spacial score (nSPS) is 10.8. The van der Waals surface area contributed by atoms with Crippen molar-refractivity contribution in [3.8, 4) is 0 Å². The van der Waals surface area contributed by atoms with E-state index < -0.39 is 0 Å². The van der Waals surface area contributed by atoms with E-state index in [0.29, 0.717) is 0 Å². The van der Waals surface area contributed by atoms with E-state index >= 15 is 0 Å². The van der Waals surface area contributed by atoms with Gasteiger partial charge in [0.15, 0.2) is 5.96 Å². The molecule has 0 aliphatic heterocycles. The lowest BCUT2D eigenvalue weighted by Gasteiger charge is -2.10. The van der Waals surface area contributed by atoms with Crippen molar-refractivity contribution in [2.45, 2.75) is 27.2 Å². The fourth-order valence-corrected chi connectivity index (χ4v) is 1.93. The standard InChI is InChI=1S/C14H23N3.HI/c1-5-16-14(15-4)17-7-6-13-9-11(2)8-12(3)10-13;/h8-10H,5-7H2,1-4H3,(H2,15,16,17);1H. The third kappa shape index (κ3) is 6.23. The number of nitrogens with zero attached hydrogens (tertiary/aromatic N) is 1. The Morgan fingerprint density at radius 3 is 2.22 bits per heavy atom. The summed E-state index contributed by atoms with van der Waals surface area (Å²) in [6.07, 6.45) is 1.02. The highest BCUT2D eigenvalue weighted by molar-refractivity contribution is 14.0. The van der Waals surface area contributed by atoms with Gasteiger partial charge in [-0.15, -0.1) is 24.0 Å². The van der Waals surface area contributed by atoms with Crippen LogP contribution in [0.25, 0.3) is 0 Å². The first-order chi connectivity index (χ1) is 8.15. The highest BCUT2D eigenvalue weighted by Crippen LogP contribution is 2.08. The van der Waals surface area contributed by atoms with E-state index in [1.165, 1.54) is 16.7 Å². The molecule has 2 N–H and O–H groups in total. The maximum Gasteiger partial charge on any atom is 0.190 e. The molecule has 102 valence electrons. The third-order valence-corrected chi connectivity index (χ3v) is 2.56. The van der Waals surface area contributed by atoms with Gasteiger partial charge in [0.25, 0.3) is 0 Å². The fraction of sp³-hybridized carbons (Fsp3) is 0.500. The number of rotatable bonds is 4. The molecule has 3 nitrogen and oxygen atoms in total. The summed E-state index contributed by atoms with van der Waals surface area (Å²) in [7, 11) is 1.79. The van der Waals surface area contributed by atoms with Crippen LogP contribution in [0.5, 0.6) is 0 Å². The van der Waals surface area contributed by atoms with Crippen LogP contribution in [0.2, 0.25) is 0 Å². The average molecular weight is 361 g/mol. The van der Waals surface area contributed by atoms with Gasteiger partial charge < -0.3 is 10.6 Å². The summed E-state index contributed by atoms with van der Waals surface area (Å²) in [5.74, 6) is 0.872. The predicted octanol–water partition coefficient (Wildman–Crippen LogP) is 2.65. The van der Waals surface area contributed by atoms with E-state index in [0.717, 1.165) is 25.5 Å². The zero-order chi connectivity index (χ0) is 12.7. The van der Waals surface area contributed by atoms with Gasteiger partial charge in [-0.3, -0.25) is 4.99 Å². The number of aryl methyl sites for hydroxylation is 2. The Kier molecular flexibility index (Phi) is 8.79. The van der Waals surface area contributed by atoms with Crippen LogP contribution in [0.1, 0.15) is 23.6 Å². The van der Waals surface area contributed by atoms with Gasteiger partial charge in [0, 0.05) is 20.1 Å². The monoisotopic (exact) mass is 361 g/mol. The molecule has 1 aromatic rings. The Hall–Kier alpha value is -0.780. The van der Waals surface area contributed by atoms with Gasteiger partial charge in [0.05, 0.1) is 0 Å². The van der Waals surface area contributed by atoms with Gasteiger partial charge in [0.2, 0.25) is 0 Å². The molecule has 0 unspecified atom stereocenters.